The summed E-state index contributed by atoms with van der Waals surface area (Å²) < 4.78 is 0. The maximum absolute atomic E-state index is 10.6. The van der Waals surface area contributed by atoms with Crippen molar-refractivity contribution in [2.24, 2.45) is 0 Å². The molecule has 1 rings (SSSR count). The van der Waals surface area contributed by atoms with E-state index >= 15 is 0 Å². The lowest BCUT2D eigenvalue weighted by Gasteiger charge is -1.90. The van der Waals surface area contributed by atoms with Crippen LogP contribution in [0.3, 0.4) is 0 Å². The van der Waals surface area contributed by atoms with Gasteiger partial charge in [0.1, 0.15) is 0 Å². The maximum Gasteiger partial charge on any atom is 0.249 e. The van der Waals surface area contributed by atoms with Gasteiger partial charge >= 0.3 is 0 Å². The highest BCUT2D eigenvalue weighted by Gasteiger charge is 1.94. The minimum atomic E-state index is -0.239. The lowest BCUT2D eigenvalue weighted by atomic mass is 10.3. The molecule has 0 aliphatic carbocycles. The van der Waals surface area contributed by atoms with Gasteiger partial charge in [0.2, 0.25) is 5.56 Å². The van der Waals surface area contributed by atoms with Gasteiger partial charge < -0.3 is 4.98 Å². The Morgan fingerprint density at radius 2 is 2.40 bits per heavy atom. The van der Waals surface area contributed by atoms with Gasteiger partial charge in [-0.1, -0.05) is 17.5 Å². The lowest BCUT2D eigenvalue weighted by molar-refractivity contribution is 1.23. The van der Waals surface area contributed by atoms with Crippen LogP contribution >= 0.6 is 11.6 Å². The molecule has 0 amide bonds. The van der Waals surface area contributed by atoms with Crippen LogP contribution in [0.1, 0.15) is 5.56 Å². The van der Waals surface area contributed by atoms with E-state index in [1.54, 1.807) is 0 Å². The Labute approximate surface area is 62.8 Å². The van der Waals surface area contributed by atoms with Gasteiger partial charge in [-0.05, 0) is 0 Å². The van der Waals surface area contributed by atoms with Gasteiger partial charge in [0.05, 0.1) is 5.02 Å². The molecule has 50 valence electrons. The molecule has 1 heterocycles. The number of H-pyrrole nitrogens is 1. The Bertz CT molecular complexity index is 334. The highest BCUT2D eigenvalue weighted by atomic mass is 35.5. The summed E-state index contributed by atoms with van der Waals surface area (Å²) in [6, 6.07) is 1.28. The lowest BCUT2D eigenvalue weighted by Crippen LogP contribution is -2.03. The Hall–Kier alpha value is -1.20. The van der Waals surface area contributed by atoms with Gasteiger partial charge in [-0.15, -0.1) is 6.42 Å². The average Bonchev–Trinajstić information content (AvgIpc) is 1.94. The Kier molecular flexibility index (Phi) is 1.79. The van der Waals surface area contributed by atoms with Crippen molar-refractivity contribution in [3.05, 3.63) is 33.2 Å². The van der Waals surface area contributed by atoms with Crippen molar-refractivity contribution in [1.29, 1.82) is 0 Å². The molecule has 3 heteroatoms. The fourth-order valence-corrected chi connectivity index (χ4v) is 0.728. The van der Waals surface area contributed by atoms with Gasteiger partial charge in [-0.2, -0.15) is 0 Å². The van der Waals surface area contributed by atoms with Crippen LogP contribution in [0.15, 0.2) is 17.1 Å². The van der Waals surface area contributed by atoms with Crippen LogP contribution < -0.4 is 5.56 Å². The SMILES string of the molecule is C#Cc1cc(=O)[nH]cc1Cl. The zero-order valence-corrected chi connectivity index (χ0v) is 5.77. The molecule has 0 bridgehead atoms. The molecule has 0 atom stereocenters. The third kappa shape index (κ3) is 1.20. The molecule has 0 unspecified atom stereocenters. The molecule has 10 heavy (non-hydrogen) atoms. The zero-order valence-electron chi connectivity index (χ0n) is 5.02. The van der Waals surface area contributed by atoms with Crippen molar-refractivity contribution in [2.45, 2.75) is 0 Å². The van der Waals surface area contributed by atoms with Crippen molar-refractivity contribution in [1.82, 2.24) is 4.98 Å². The van der Waals surface area contributed by atoms with Crippen molar-refractivity contribution >= 4 is 11.6 Å². The predicted molar refractivity (Wildman–Crippen MR) is 40.0 cm³/mol. The molecule has 0 spiro atoms. The van der Waals surface area contributed by atoms with E-state index < -0.39 is 0 Å². The number of aromatic amines is 1. The van der Waals surface area contributed by atoms with E-state index in [9.17, 15) is 4.79 Å². The van der Waals surface area contributed by atoms with E-state index in [-0.39, 0.29) is 5.56 Å². The van der Waals surface area contributed by atoms with Crippen LogP contribution in [0.5, 0.6) is 0 Å². The molecule has 0 saturated carbocycles. The highest BCUT2D eigenvalue weighted by molar-refractivity contribution is 6.31. The van der Waals surface area contributed by atoms with E-state index in [4.69, 9.17) is 18.0 Å². The third-order valence-electron chi connectivity index (χ3n) is 1.03. The molecular weight excluding hydrogens is 150 g/mol. The molecule has 1 aromatic heterocycles. The van der Waals surface area contributed by atoms with Crippen LogP contribution in [0.25, 0.3) is 0 Å². The number of halogens is 1. The van der Waals surface area contributed by atoms with Gasteiger partial charge in [-0.3, -0.25) is 4.79 Å². The van der Waals surface area contributed by atoms with E-state index in [0.29, 0.717) is 10.6 Å². The quantitative estimate of drug-likeness (QED) is 0.555. The number of rotatable bonds is 0. The molecule has 0 radical (unpaired) electrons. The molecular formula is C7H4ClNO. The number of aromatic nitrogens is 1. The molecule has 2 nitrogen and oxygen atoms in total. The number of terminal acetylenes is 1. The Morgan fingerprint density at radius 1 is 1.70 bits per heavy atom. The van der Waals surface area contributed by atoms with Crippen molar-refractivity contribution in [3.8, 4) is 12.3 Å². The number of hydrogen-bond acceptors (Lipinski definition) is 1. The summed E-state index contributed by atoms with van der Waals surface area (Å²) in [7, 11) is 0. The van der Waals surface area contributed by atoms with Crippen LogP contribution in [0, 0.1) is 12.3 Å². The van der Waals surface area contributed by atoms with E-state index in [2.05, 4.69) is 10.9 Å². The second kappa shape index (κ2) is 2.59. The van der Waals surface area contributed by atoms with Crippen molar-refractivity contribution in [2.75, 3.05) is 0 Å². The maximum atomic E-state index is 10.6. The standard InChI is InChI=1S/C7H4ClNO/c1-2-5-3-7(10)9-4-6(5)8/h1,3-4H,(H,9,10). The number of nitrogens with one attached hydrogen (secondary N) is 1. The number of pyridine rings is 1. The first-order chi connectivity index (χ1) is 4.74. The smallest absolute Gasteiger partial charge is 0.249 e. The van der Waals surface area contributed by atoms with Crippen LogP contribution in [-0.4, -0.2) is 4.98 Å². The first-order valence-corrected chi connectivity index (χ1v) is 2.96. The topological polar surface area (TPSA) is 32.9 Å². The fourth-order valence-electron chi connectivity index (χ4n) is 0.565. The fraction of sp³-hybridized carbons (Fsp3) is 0. The molecule has 1 N–H and O–H groups in total. The molecule has 1 aromatic rings. The summed E-state index contributed by atoms with van der Waals surface area (Å²) in [4.78, 5) is 13.0. The van der Waals surface area contributed by atoms with Crippen LogP contribution in [-0.2, 0) is 0 Å². The van der Waals surface area contributed by atoms with Crippen molar-refractivity contribution in [3.63, 3.8) is 0 Å². The predicted octanol–water partition coefficient (Wildman–Crippen LogP) is 1.01. The summed E-state index contributed by atoms with van der Waals surface area (Å²) in [5.41, 5.74) is 0.183. The Morgan fingerprint density at radius 3 is 2.90 bits per heavy atom. The average molecular weight is 154 g/mol. The molecule has 0 aliphatic rings. The van der Waals surface area contributed by atoms with E-state index in [1.165, 1.54) is 12.3 Å². The first kappa shape index (κ1) is 6.91. The van der Waals surface area contributed by atoms with Gasteiger partial charge in [0.15, 0.2) is 0 Å². The van der Waals surface area contributed by atoms with Gasteiger partial charge in [0.25, 0.3) is 0 Å². The first-order valence-electron chi connectivity index (χ1n) is 2.59. The van der Waals surface area contributed by atoms with E-state index in [1.807, 2.05) is 0 Å². The molecule has 0 aliphatic heterocycles. The summed E-state index contributed by atoms with van der Waals surface area (Å²) in [6.07, 6.45) is 6.41. The van der Waals surface area contributed by atoms with Crippen molar-refractivity contribution < 1.29 is 0 Å². The molecule has 0 fully saturated rings. The minimum absolute atomic E-state index is 0.239. The molecule has 0 aromatic carbocycles. The van der Waals surface area contributed by atoms with E-state index in [0.717, 1.165) is 0 Å². The minimum Gasteiger partial charge on any atom is -0.328 e. The number of hydrogen-bond donors (Lipinski definition) is 1. The van der Waals surface area contributed by atoms with Crippen LogP contribution in [0.2, 0.25) is 5.02 Å². The normalized spacial score (nSPS) is 8.80. The summed E-state index contributed by atoms with van der Waals surface area (Å²) in [5, 5.41) is 0.391. The summed E-state index contributed by atoms with van der Waals surface area (Å²) in [5.74, 6) is 2.28. The van der Waals surface area contributed by atoms with Gasteiger partial charge in [0, 0.05) is 17.8 Å². The largest absolute Gasteiger partial charge is 0.328 e. The zero-order chi connectivity index (χ0) is 7.56. The third-order valence-corrected chi connectivity index (χ3v) is 1.34. The van der Waals surface area contributed by atoms with Gasteiger partial charge in [-0.25, -0.2) is 0 Å². The highest BCUT2D eigenvalue weighted by Crippen LogP contribution is 2.08. The second-order valence-electron chi connectivity index (χ2n) is 1.70. The molecule has 0 saturated heterocycles. The Balaban J connectivity index is 3.40. The summed E-state index contributed by atoms with van der Waals surface area (Å²) in [6.45, 7) is 0. The second-order valence-corrected chi connectivity index (χ2v) is 2.11. The van der Waals surface area contributed by atoms with Crippen LogP contribution in [0.4, 0.5) is 0 Å². The monoisotopic (exact) mass is 153 g/mol. The summed E-state index contributed by atoms with van der Waals surface area (Å²) >= 11 is 5.58.